The van der Waals surface area contributed by atoms with Crippen molar-refractivity contribution in [2.45, 2.75) is 45.6 Å². The molecule has 2 aromatic carbocycles. The number of carboxylic acid groups (broad SMARTS) is 1. The van der Waals surface area contributed by atoms with Gasteiger partial charge in [0.15, 0.2) is 0 Å². The second-order valence-corrected chi connectivity index (χ2v) is 13.4. The SMILES string of the molecule is CCS(=O)(=O)[N+]1([C@H](C)c2cc(Cl)cc(Cl)c2)CC(C)(COc2cc(F)c(C(=O)O)cc2C2CC2)C1. The summed E-state index contributed by atoms with van der Waals surface area (Å²) in [5, 5.41) is 10.2. The zero-order valence-electron chi connectivity index (χ0n) is 19.9. The maximum absolute atomic E-state index is 14.4. The largest absolute Gasteiger partial charge is 0.492 e. The molecule has 10 heteroatoms. The van der Waals surface area contributed by atoms with E-state index in [2.05, 4.69) is 0 Å². The predicted molar refractivity (Wildman–Crippen MR) is 133 cm³/mol. The van der Waals surface area contributed by atoms with Crippen molar-refractivity contribution in [1.82, 2.24) is 0 Å². The van der Waals surface area contributed by atoms with E-state index in [0.29, 0.717) is 34.4 Å². The molecule has 0 radical (unpaired) electrons. The fourth-order valence-corrected chi connectivity index (χ4v) is 7.90. The minimum absolute atomic E-state index is 0.0176. The molecule has 1 saturated carbocycles. The minimum Gasteiger partial charge on any atom is -0.492 e. The normalized spacial score (nSPS) is 25.1. The van der Waals surface area contributed by atoms with Gasteiger partial charge in [-0.2, -0.15) is 8.42 Å². The van der Waals surface area contributed by atoms with E-state index in [9.17, 15) is 22.7 Å². The molecule has 6 nitrogen and oxygen atoms in total. The Morgan fingerprint density at radius 3 is 2.31 bits per heavy atom. The lowest BCUT2D eigenvalue weighted by molar-refractivity contribution is -0.899. The molecule has 2 fully saturated rings. The third-order valence-electron chi connectivity index (χ3n) is 7.21. The van der Waals surface area contributed by atoms with Crippen molar-refractivity contribution in [3.05, 3.63) is 62.9 Å². The van der Waals surface area contributed by atoms with Crippen LogP contribution in [0.3, 0.4) is 0 Å². The zero-order chi connectivity index (χ0) is 25.8. The Labute approximate surface area is 215 Å². The van der Waals surface area contributed by atoms with E-state index in [1.54, 1.807) is 25.1 Å². The van der Waals surface area contributed by atoms with Crippen LogP contribution in [0.2, 0.25) is 10.0 Å². The highest BCUT2D eigenvalue weighted by atomic mass is 35.5. The van der Waals surface area contributed by atoms with Crippen molar-refractivity contribution in [3.63, 3.8) is 0 Å². The summed E-state index contributed by atoms with van der Waals surface area (Å²) in [6, 6.07) is 7.19. The molecule has 190 valence electrons. The Kier molecular flexibility index (Phi) is 6.90. The summed E-state index contributed by atoms with van der Waals surface area (Å²) in [6.07, 6.45) is 1.79. The number of aromatic carboxylic acids is 1. The minimum atomic E-state index is -3.51. The first kappa shape index (κ1) is 26.2. The maximum Gasteiger partial charge on any atom is 0.338 e. The van der Waals surface area contributed by atoms with E-state index in [-0.39, 0.29) is 27.7 Å². The van der Waals surface area contributed by atoms with Gasteiger partial charge in [-0.3, -0.25) is 0 Å². The molecule has 0 amide bonds. The van der Waals surface area contributed by atoms with E-state index >= 15 is 0 Å². The van der Waals surface area contributed by atoms with Gasteiger partial charge < -0.3 is 9.84 Å². The molecule has 0 unspecified atom stereocenters. The summed E-state index contributed by atoms with van der Waals surface area (Å²) < 4.78 is 46.9. The number of likely N-dealkylation sites (tertiary alicyclic amines) is 1. The number of nitrogens with zero attached hydrogens (tertiary/aromatic N) is 1. The topological polar surface area (TPSA) is 80.7 Å². The summed E-state index contributed by atoms with van der Waals surface area (Å²) in [7, 11) is -3.51. The molecule has 0 bridgehead atoms. The lowest BCUT2D eigenvalue weighted by Crippen LogP contribution is -2.73. The summed E-state index contributed by atoms with van der Waals surface area (Å²) in [6.45, 7) is 6.24. The number of ether oxygens (including phenoxy) is 1. The molecule has 0 spiro atoms. The number of carbonyl (C=O) groups is 1. The lowest BCUT2D eigenvalue weighted by Gasteiger charge is -2.56. The van der Waals surface area contributed by atoms with Gasteiger partial charge in [0.05, 0.1) is 11.3 Å². The third kappa shape index (κ3) is 4.90. The third-order valence-corrected chi connectivity index (χ3v) is 10.1. The molecule has 4 rings (SSSR count). The zero-order valence-corrected chi connectivity index (χ0v) is 22.2. The fraction of sp³-hybridized carbons (Fsp3) is 0.480. The molecular formula is C25H29Cl2FNO5S+. The van der Waals surface area contributed by atoms with Crippen molar-refractivity contribution in [1.29, 1.82) is 0 Å². The summed E-state index contributed by atoms with van der Waals surface area (Å²) >= 11 is 12.4. The highest BCUT2D eigenvalue weighted by Gasteiger charge is 2.62. The number of rotatable bonds is 9. The average Bonchev–Trinajstić information content (AvgIpc) is 3.59. The van der Waals surface area contributed by atoms with Gasteiger partial charge in [0.25, 0.3) is 10.0 Å². The van der Waals surface area contributed by atoms with Crippen LogP contribution in [0.25, 0.3) is 0 Å². The standard InChI is InChI=1S/C25H28Cl2FNO5S/c1-4-35(32,33)29(15(2)17-7-18(26)9-19(27)8-17)12-25(3,13-29)14-34-23-11-22(28)21(24(30)31)10-20(23)16-5-6-16/h7-11,15-16H,4-6,12-14H2,1-3H3/p+1/t15-,25?,29?/m1/s1. The number of sulfonamides is 1. The predicted octanol–water partition coefficient (Wildman–Crippen LogP) is 6.03. The van der Waals surface area contributed by atoms with Crippen LogP contribution in [0, 0.1) is 11.2 Å². The summed E-state index contributed by atoms with van der Waals surface area (Å²) in [4.78, 5) is 11.4. The van der Waals surface area contributed by atoms with Crippen LogP contribution in [0.4, 0.5) is 4.39 Å². The first-order chi connectivity index (χ1) is 16.3. The number of hydrogen-bond donors (Lipinski definition) is 1. The Hall–Kier alpha value is -1.87. The Balaban J connectivity index is 1.58. The average molecular weight is 545 g/mol. The number of hydrogen-bond acceptors (Lipinski definition) is 4. The second-order valence-electron chi connectivity index (χ2n) is 10.1. The van der Waals surface area contributed by atoms with Gasteiger partial charge in [-0.25, -0.2) is 13.1 Å². The quantitative estimate of drug-likeness (QED) is 0.389. The number of halogens is 3. The Bertz CT molecular complexity index is 1250. The van der Waals surface area contributed by atoms with Crippen molar-refractivity contribution < 1.29 is 31.3 Å². The van der Waals surface area contributed by atoms with E-state index in [4.69, 9.17) is 27.9 Å². The first-order valence-corrected chi connectivity index (χ1v) is 13.9. The molecule has 1 aliphatic heterocycles. The lowest BCUT2D eigenvalue weighted by atomic mass is 9.80. The van der Waals surface area contributed by atoms with Crippen LogP contribution >= 0.6 is 23.2 Å². The number of carboxylic acids is 1. The molecule has 2 aromatic rings. The van der Waals surface area contributed by atoms with Gasteiger partial charge in [-0.05, 0) is 69.4 Å². The molecule has 0 aromatic heterocycles. The van der Waals surface area contributed by atoms with Crippen molar-refractivity contribution in [2.75, 3.05) is 25.4 Å². The van der Waals surface area contributed by atoms with Crippen LogP contribution in [0.5, 0.6) is 5.75 Å². The van der Waals surface area contributed by atoms with Crippen LogP contribution in [-0.2, 0) is 10.0 Å². The van der Waals surface area contributed by atoms with E-state index in [1.165, 1.54) is 6.07 Å². The van der Waals surface area contributed by atoms with Crippen molar-refractivity contribution in [3.8, 4) is 5.75 Å². The molecule has 1 heterocycles. The first-order valence-electron chi connectivity index (χ1n) is 11.6. The monoisotopic (exact) mass is 544 g/mol. The molecular weight excluding hydrogens is 516 g/mol. The highest BCUT2D eigenvalue weighted by Crippen LogP contribution is 2.50. The Morgan fingerprint density at radius 2 is 1.80 bits per heavy atom. The molecule has 35 heavy (non-hydrogen) atoms. The van der Waals surface area contributed by atoms with Gasteiger partial charge in [0.1, 0.15) is 42.7 Å². The van der Waals surface area contributed by atoms with Gasteiger partial charge in [-0.15, -0.1) is 0 Å². The van der Waals surface area contributed by atoms with E-state index in [0.717, 1.165) is 24.5 Å². The van der Waals surface area contributed by atoms with Gasteiger partial charge in [0, 0.05) is 21.7 Å². The second kappa shape index (κ2) is 9.21. The molecule has 2 aliphatic rings. The highest BCUT2D eigenvalue weighted by molar-refractivity contribution is 7.85. The van der Waals surface area contributed by atoms with Crippen molar-refractivity contribution >= 4 is 39.2 Å². The van der Waals surface area contributed by atoms with Crippen LogP contribution < -0.4 is 4.74 Å². The van der Waals surface area contributed by atoms with Crippen molar-refractivity contribution in [2.24, 2.45) is 5.41 Å². The summed E-state index contributed by atoms with van der Waals surface area (Å²) in [5.74, 6) is -1.70. The number of benzene rings is 2. The van der Waals surface area contributed by atoms with Crippen LogP contribution in [-0.4, -0.2) is 48.8 Å². The molecule has 1 saturated heterocycles. The van der Waals surface area contributed by atoms with E-state index in [1.807, 2.05) is 13.8 Å². The Morgan fingerprint density at radius 1 is 1.20 bits per heavy atom. The van der Waals surface area contributed by atoms with Crippen LogP contribution in [0.15, 0.2) is 30.3 Å². The summed E-state index contributed by atoms with van der Waals surface area (Å²) in [5.41, 5.74) is 0.579. The van der Waals surface area contributed by atoms with Gasteiger partial charge >= 0.3 is 5.97 Å². The molecule has 1 aliphatic carbocycles. The molecule has 1 N–H and O–H groups in total. The smallest absolute Gasteiger partial charge is 0.338 e. The van der Waals surface area contributed by atoms with Gasteiger partial charge in [0.2, 0.25) is 0 Å². The van der Waals surface area contributed by atoms with Crippen LogP contribution in [0.1, 0.15) is 67.1 Å². The molecule has 1 atom stereocenters. The van der Waals surface area contributed by atoms with E-state index < -0.39 is 33.3 Å². The maximum atomic E-state index is 14.4. The number of quaternary nitrogens is 1. The fourth-order valence-electron chi connectivity index (χ4n) is 5.22. The van der Waals surface area contributed by atoms with Gasteiger partial charge in [-0.1, -0.05) is 23.2 Å².